The summed E-state index contributed by atoms with van der Waals surface area (Å²) in [6.45, 7) is 7.51. The van der Waals surface area contributed by atoms with E-state index in [9.17, 15) is 4.79 Å². The van der Waals surface area contributed by atoms with E-state index < -0.39 is 0 Å². The number of carbonyl (C=O) groups is 1. The molecule has 0 atom stereocenters. The van der Waals surface area contributed by atoms with Crippen LogP contribution in [-0.2, 0) is 6.54 Å². The predicted molar refractivity (Wildman–Crippen MR) is 113 cm³/mol. The summed E-state index contributed by atoms with van der Waals surface area (Å²) >= 11 is 0. The molecule has 0 fully saturated rings. The van der Waals surface area contributed by atoms with Crippen LogP contribution in [0.3, 0.4) is 0 Å². The summed E-state index contributed by atoms with van der Waals surface area (Å²) in [4.78, 5) is 17.0. The van der Waals surface area contributed by atoms with Crippen LogP contribution in [0.15, 0.2) is 53.1 Å². The van der Waals surface area contributed by atoms with Gasteiger partial charge in [-0.2, -0.15) is 0 Å². The summed E-state index contributed by atoms with van der Waals surface area (Å²) in [5.74, 6) is 2.07. The number of hydrogen-bond donors (Lipinski definition) is 1. The van der Waals surface area contributed by atoms with Crippen molar-refractivity contribution in [1.82, 2.24) is 10.3 Å². The average molecular weight is 410 g/mol. The molecule has 0 saturated heterocycles. The standard InChI is InChI=1S/C23H26N2O5/c1-4-27-19-10-8-7-9-18(19)22(26)24-14-17-15-30-23(25-17)16-11-12-20(28-5-2)21(13-16)29-6-3/h7-13,15H,4-6,14H2,1-3H3,(H,24,26). The lowest BCUT2D eigenvalue weighted by Gasteiger charge is -2.11. The smallest absolute Gasteiger partial charge is 0.255 e. The monoisotopic (exact) mass is 410 g/mol. The lowest BCUT2D eigenvalue weighted by atomic mass is 10.2. The molecule has 3 rings (SSSR count). The van der Waals surface area contributed by atoms with Gasteiger partial charge in [0, 0.05) is 5.56 Å². The van der Waals surface area contributed by atoms with E-state index in [1.807, 2.05) is 45.0 Å². The lowest BCUT2D eigenvalue weighted by molar-refractivity contribution is 0.0946. The molecule has 158 valence electrons. The van der Waals surface area contributed by atoms with E-state index in [0.29, 0.717) is 54.2 Å². The van der Waals surface area contributed by atoms with Crippen molar-refractivity contribution in [3.63, 3.8) is 0 Å². The molecule has 0 aliphatic heterocycles. The van der Waals surface area contributed by atoms with Crippen molar-refractivity contribution in [2.24, 2.45) is 0 Å². The zero-order chi connectivity index (χ0) is 21.3. The second kappa shape index (κ2) is 10.3. The number of nitrogens with one attached hydrogen (secondary N) is 1. The van der Waals surface area contributed by atoms with Crippen LogP contribution in [-0.4, -0.2) is 30.7 Å². The Balaban J connectivity index is 1.70. The Kier molecular flexibility index (Phi) is 7.32. The first kappa shape index (κ1) is 21.2. The van der Waals surface area contributed by atoms with Gasteiger partial charge in [-0.1, -0.05) is 12.1 Å². The third-order valence-corrected chi connectivity index (χ3v) is 4.20. The molecule has 0 bridgehead atoms. The zero-order valence-electron chi connectivity index (χ0n) is 17.4. The van der Waals surface area contributed by atoms with Crippen LogP contribution in [0.1, 0.15) is 36.8 Å². The van der Waals surface area contributed by atoms with Gasteiger partial charge in [-0.25, -0.2) is 4.98 Å². The maximum absolute atomic E-state index is 12.5. The largest absolute Gasteiger partial charge is 0.493 e. The van der Waals surface area contributed by atoms with Crippen molar-refractivity contribution in [3.05, 3.63) is 60.0 Å². The van der Waals surface area contributed by atoms with E-state index in [4.69, 9.17) is 18.6 Å². The minimum absolute atomic E-state index is 0.233. The molecule has 3 aromatic rings. The van der Waals surface area contributed by atoms with E-state index >= 15 is 0 Å². The molecular formula is C23H26N2O5. The van der Waals surface area contributed by atoms with Crippen molar-refractivity contribution in [2.75, 3.05) is 19.8 Å². The van der Waals surface area contributed by atoms with E-state index in [1.165, 1.54) is 6.26 Å². The lowest BCUT2D eigenvalue weighted by Crippen LogP contribution is -2.23. The summed E-state index contributed by atoms with van der Waals surface area (Å²) in [6.07, 6.45) is 1.53. The Hall–Kier alpha value is -3.48. The number of para-hydroxylation sites is 1. The number of nitrogens with zero attached hydrogens (tertiary/aromatic N) is 1. The molecule has 1 aromatic heterocycles. The third-order valence-electron chi connectivity index (χ3n) is 4.20. The Bertz CT molecular complexity index is 983. The van der Waals surface area contributed by atoms with Gasteiger partial charge in [-0.15, -0.1) is 0 Å². The number of carbonyl (C=O) groups excluding carboxylic acids is 1. The normalized spacial score (nSPS) is 10.5. The fourth-order valence-corrected chi connectivity index (χ4v) is 2.91. The summed E-state index contributed by atoms with van der Waals surface area (Å²) in [6, 6.07) is 12.7. The van der Waals surface area contributed by atoms with Crippen LogP contribution in [0.4, 0.5) is 0 Å². The molecule has 30 heavy (non-hydrogen) atoms. The number of aromatic nitrogens is 1. The van der Waals surface area contributed by atoms with Gasteiger partial charge in [0.05, 0.1) is 37.6 Å². The van der Waals surface area contributed by atoms with E-state index in [2.05, 4.69) is 10.3 Å². The first-order chi connectivity index (χ1) is 14.7. The highest BCUT2D eigenvalue weighted by molar-refractivity contribution is 5.96. The van der Waals surface area contributed by atoms with Gasteiger partial charge in [0.25, 0.3) is 5.91 Å². The van der Waals surface area contributed by atoms with Crippen LogP contribution in [0.25, 0.3) is 11.5 Å². The maximum Gasteiger partial charge on any atom is 0.255 e. The molecule has 0 aliphatic rings. The number of oxazole rings is 1. The second-order valence-electron chi connectivity index (χ2n) is 6.28. The van der Waals surface area contributed by atoms with Gasteiger partial charge in [-0.3, -0.25) is 4.79 Å². The quantitative estimate of drug-likeness (QED) is 0.531. The van der Waals surface area contributed by atoms with Crippen molar-refractivity contribution >= 4 is 5.91 Å². The molecule has 1 heterocycles. The number of hydrogen-bond acceptors (Lipinski definition) is 6. The molecule has 0 spiro atoms. The number of ether oxygens (including phenoxy) is 3. The van der Waals surface area contributed by atoms with Crippen LogP contribution < -0.4 is 19.5 Å². The van der Waals surface area contributed by atoms with Crippen LogP contribution in [0, 0.1) is 0 Å². The Labute approximate surface area is 176 Å². The van der Waals surface area contributed by atoms with Crippen LogP contribution in [0.5, 0.6) is 17.2 Å². The van der Waals surface area contributed by atoms with Gasteiger partial charge in [-0.05, 0) is 51.1 Å². The fourth-order valence-electron chi connectivity index (χ4n) is 2.91. The first-order valence-electron chi connectivity index (χ1n) is 10.0. The number of benzene rings is 2. The van der Waals surface area contributed by atoms with Gasteiger partial charge in [0.15, 0.2) is 11.5 Å². The highest BCUT2D eigenvalue weighted by Gasteiger charge is 2.14. The predicted octanol–water partition coefficient (Wildman–Crippen LogP) is 4.47. The van der Waals surface area contributed by atoms with E-state index in [1.54, 1.807) is 18.2 Å². The van der Waals surface area contributed by atoms with Gasteiger partial charge in [0.2, 0.25) is 5.89 Å². The molecule has 0 aliphatic carbocycles. The summed E-state index contributed by atoms with van der Waals surface area (Å²) < 4.78 is 22.4. The maximum atomic E-state index is 12.5. The molecule has 7 heteroatoms. The second-order valence-corrected chi connectivity index (χ2v) is 6.28. The minimum atomic E-state index is -0.233. The SMILES string of the molecule is CCOc1ccc(-c2nc(CNC(=O)c3ccccc3OCC)co2)cc1OCC. The van der Waals surface area contributed by atoms with Crippen molar-refractivity contribution in [2.45, 2.75) is 27.3 Å². The highest BCUT2D eigenvalue weighted by Crippen LogP contribution is 2.32. The molecule has 2 aromatic carbocycles. The highest BCUT2D eigenvalue weighted by atomic mass is 16.5. The minimum Gasteiger partial charge on any atom is -0.493 e. The summed E-state index contributed by atoms with van der Waals surface area (Å²) in [7, 11) is 0. The number of rotatable bonds is 10. The average Bonchev–Trinajstić information content (AvgIpc) is 3.23. The molecular weight excluding hydrogens is 384 g/mol. The van der Waals surface area contributed by atoms with Gasteiger partial charge in [0.1, 0.15) is 12.0 Å². The molecule has 7 nitrogen and oxygen atoms in total. The third kappa shape index (κ3) is 5.11. The first-order valence-corrected chi connectivity index (χ1v) is 10.0. The van der Waals surface area contributed by atoms with Crippen molar-refractivity contribution in [1.29, 1.82) is 0 Å². The Morgan fingerprint density at radius 1 is 0.933 bits per heavy atom. The Morgan fingerprint density at radius 3 is 2.40 bits per heavy atom. The van der Waals surface area contributed by atoms with Gasteiger partial charge >= 0.3 is 0 Å². The zero-order valence-corrected chi connectivity index (χ0v) is 17.4. The van der Waals surface area contributed by atoms with Crippen molar-refractivity contribution < 1.29 is 23.4 Å². The molecule has 0 radical (unpaired) electrons. The Morgan fingerprint density at radius 2 is 1.63 bits per heavy atom. The van der Waals surface area contributed by atoms with Crippen LogP contribution >= 0.6 is 0 Å². The topological polar surface area (TPSA) is 82.8 Å². The van der Waals surface area contributed by atoms with Crippen LogP contribution in [0.2, 0.25) is 0 Å². The number of amides is 1. The van der Waals surface area contributed by atoms with Gasteiger partial charge < -0.3 is 23.9 Å². The summed E-state index contributed by atoms with van der Waals surface area (Å²) in [5, 5.41) is 2.85. The molecule has 1 N–H and O–H groups in total. The molecule has 1 amide bonds. The van der Waals surface area contributed by atoms with Crippen molar-refractivity contribution in [3.8, 4) is 28.7 Å². The summed E-state index contributed by atoms with van der Waals surface area (Å²) in [5.41, 5.74) is 1.86. The van der Waals surface area contributed by atoms with E-state index in [-0.39, 0.29) is 12.5 Å². The molecule has 0 unspecified atom stereocenters. The van der Waals surface area contributed by atoms with E-state index in [0.717, 1.165) is 5.56 Å². The molecule has 0 saturated carbocycles. The fraction of sp³-hybridized carbons (Fsp3) is 0.304.